The molecule has 7 heteroatoms. The van der Waals surface area contributed by atoms with Gasteiger partial charge >= 0.3 is 0 Å². The number of aryl methyl sites for hydroxylation is 2. The molecular weight excluding hydrogens is 360 g/mol. The molecule has 134 valence electrons. The topological polar surface area (TPSA) is 66.5 Å². The summed E-state index contributed by atoms with van der Waals surface area (Å²) < 4.78 is 25.5. The first-order valence-corrected chi connectivity index (χ1v) is 9.92. The van der Waals surface area contributed by atoms with Crippen molar-refractivity contribution in [2.24, 2.45) is 0 Å². The van der Waals surface area contributed by atoms with E-state index < -0.39 is 15.9 Å². The van der Waals surface area contributed by atoms with E-state index in [4.69, 9.17) is 11.6 Å². The van der Waals surface area contributed by atoms with E-state index in [0.717, 1.165) is 27.3 Å². The molecule has 0 fully saturated rings. The Balaban J connectivity index is 2.27. The molecule has 0 aromatic heterocycles. The fourth-order valence-electron chi connectivity index (χ4n) is 2.39. The van der Waals surface area contributed by atoms with Crippen LogP contribution in [0.2, 0.25) is 5.02 Å². The Morgan fingerprint density at radius 1 is 1.12 bits per heavy atom. The Hall–Kier alpha value is -2.05. The lowest BCUT2D eigenvalue weighted by Crippen LogP contribution is -2.38. The Kier molecular flexibility index (Phi) is 5.75. The third-order valence-corrected chi connectivity index (χ3v) is 5.52. The van der Waals surface area contributed by atoms with Crippen molar-refractivity contribution < 1.29 is 13.2 Å². The largest absolute Gasteiger partial charge is 0.324 e. The highest BCUT2D eigenvalue weighted by molar-refractivity contribution is 7.92. The minimum Gasteiger partial charge on any atom is -0.324 e. The summed E-state index contributed by atoms with van der Waals surface area (Å²) in [5, 5.41) is 3.22. The second kappa shape index (κ2) is 7.45. The average Bonchev–Trinajstić information content (AvgIpc) is 2.51. The molecule has 2 rings (SSSR count). The first-order valence-electron chi connectivity index (χ1n) is 7.69. The van der Waals surface area contributed by atoms with Crippen molar-refractivity contribution in [3.8, 4) is 0 Å². The zero-order valence-electron chi connectivity index (χ0n) is 14.6. The molecule has 0 aliphatic carbocycles. The number of nitrogens with zero attached hydrogens (tertiary/aromatic N) is 1. The maximum atomic E-state index is 12.4. The molecule has 1 amide bonds. The smallest absolute Gasteiger partial charge is 0.245 e. The van der Waals surface area contributed by atoms with Crippen LogP contribution in [-0.4, -0.2) is 27.1 Å². The van der Waals surface area contributed by atoms with Crippen LogP contribution in [-0.2, 0) is 14.8 Å². The predicted molar refractivity (Wildman–Crippen MR) is 103 cm³/mol. The van der Waals surface area contributed by atoms with Crippen LogP contribution in [0.15, 0.2) is 36.4 Å². The van der Waals surface area contributed by atoms with Crippen LogP contribution in [0.25, 0.3) is 0 Å². The summed E-state index contributed by atoms with van der Waals surface area (Å²) in [4.78, 5) is 12.4. The van der Waals surface area contributed by atoms with Crippen molar-refractivity contribution in [1.82, 2.24) is 0 Å². The third kappa shape index (κ3) is 4.74. The summed E-state index contributed by atoms with van der Waals surface area (Å²) in [6, 6.07) is 10.5. The van der Waals surface area contributed by atoms with Gasteiger partial charge in [0, 0.05) is 10.7 Å². The van der Waals surface area contributed by atoms with Gasteiger partial charge in [-0.15, -0.1) is 0 Å². The van der Waals surface area contributed by atoms with Crippen LogP contribution in [0.4, 0.5) is 11.4 Å². The lowest BCUT2D eigenvalue weighted by Gasteiger charge is -2.24. The standard InChI is InChI=1S/C18H21ClN2O3S/c1-12-6-5-7-17(14(12)3)21(25(4,23)24)11-18(22)20-15-9-8-13(2)16(19)10-15/h5-10H,11H2,1-4H3,(H,20,22). The summed E-state index contributed by atoms with van der Waals surface area (Å²) in [6.07, 6.45) is 1.09. The highest BCUT2D eigenvalue weighted by atomic mass is 35.5. The lowest BCUT2D eigenvalue weighted by molar-refractivity contribution is -0.114. The van der Waals surface area contributed by atoms with Crippen molar-refractivity contribution in [1.29, 1.82) is 0 Å². The molecule has 2 aromatic carbocycles. The molecule has 0 bridgehead atoms. The van der Waals surface area contributed by atoms with E-state index >= 15 is 0 Å². The van der Waals surface area contributed by atoms with E-state index in [1.54, 1.807) is 30.3 Å². The van der Waals surface area contributed by atoms with Crippen molar-refractivity contribution in [3.63, 3.8) is 0 Å². The van der Waals surface area contributed by atoms with Gasteiger partial charge in [-0.2, -0.15) is 0 Å². The first kappa shape index (κ1) is 19.3. The average molecular weight is 381 g/mol. The number of amides is 1. The molecule has 0 radical (unpaired) electrons. The van der Waals surface area contributed by atoms with Crippen LogP contribution < -0.4 is 9.62 Å². The summed E-state index contributed by atoms with van der Waals surface area (Å²) in [7, 11) is -3.61. The van der Waals surface area contributed by atoms with Crippen molar-refractivity contribution in [2.45, 2.75) is 20.8 Å². The maximum absolute atomic E-state index is 12.4. The fourth-order valence-corrected chi connectivity index (χ4v) is 3.48. The van der Waals surface area contributed by atoms with E-state index in [1.807, 2.05) is 26.8 Å². The van der Waals surface area contributed by atoms with Crippen LogP contribution >= 0.6 is 11.6 Å². The van der Waals surface area contributed by atoms with Crippen LogP contribution in [0.5, 0.6) is 0 Å². The summed E-state index contributed by atoms with van der Waals surface area (Å²) in [6.45, 7) is 5.28. The molecule has 0 aliphatic rings. The molecule has 0 heterocycles. The molecule has 5 nitrogen and oxygen atoms in total. The second-order valence-electron chi connectivity index (χ2n) is 6.00. The van der Waals surface area contributed by atoms with Gasteiger partial charge in [0.15, 0.2) is 0 Å². The predicted octanol–water partition coefficient (Wildman–Crippen LogP) is 3.67. The van der Waals surface area contributed by atoms with Gasteiger partial charge in [-0.1, -0.05) is 29.8 Å². The first-order chi connectivity index (χ1) is 11.6. The summed E-state index contributed by atoms with van der Waals surface area (Å²) in [5.74, 6) is -0.439. The highest BCUT2D eigenvalue weighted by Crippen LogP contribution is 2.25. The van der Waals surface area contributed by atoms with E-state index in [1.165, 1.54) is 0 Å². The van der Waals surface area contributed by atoms with Crippen molar-refractivity contribution in [3.05, 3.63) is 58.1 Å². The molecule has 0 saturated heterocycles. The number of hydrogen-bond acceptors (Lipinski definition) is 3. The monoisotopic (exact) mass is 380 g/mol. The number of halogens is 1. The van der Waals surface area contributed by atoms with Crippen molar-refractivity contribution >= 4 is 38.9 Å². The number of benzene rings is 2. The van der Waals surface area contributed by atoms with E-state index in [-0.39, 0.29) is 6.54 Å². The van der Waals surface area contributed by atoms with Gasteiger partial charge in [-0.05, 0) is 55.7 Å². The molecule has 0 aliphatic heterocycles. The van der Waals surface area contributed by atoms with E-state index in [0.29, 0.717) is 16.4 Å². The Labute approximate surface area is 153 Å². The quantitative estimate of drug-likeness (QED) is 0.860. The van der Waals surface area contributed by atoms with Gasteiger partial charge in [0.25, 0.3) is 0 Å². The molecule has 1 N–H and O–H groups in total. The normalized spacial score (nSPS) is 11.2. The minimum atomic E-state index is -3.61. The van der Waals surface area contributed by atoms with Gasteiger partial charge in [0.1, 0.15) is 6.54 Å². The number of rotatable bonds is 5. The highest BCUT2D eigenvalue weighted by Gasteiger charge is 2.22. The van der Waals surface area contributed by atoms with Gasteiger partial charge in [-0.25, -0.2) is 8.42 Å². The number of anilines is 2. The molecule has 0 unspecified atom stereocenters. The Morgan fingerprint density at radius 2 is 1.80 bits per heavy atom. The zero-order valence-corrected chi connectivity index (χ0v) is 16.2. The SMILES string of the molecule is Cc1ccc(NC(=O)CN(c2cccc(C)c2C)S(C)(=O)=O)cc1Cl. The third-order valence-electron chi connectivity index (χ3n) is 3.99. The van der Waals surface area contributed by atoms with Crippen LogP contribution in [0.3, 0.4) is 0 Å². The minimum absolute atomic E-state index is 0.311. The molecule has 25 heavy (non-hydrogen) atoms. The Bertz CT molecular complexity index is 911. The van der Waals surface area contributed by atoms with Gasteiger partial charge in [0.2, 0.25) is 15.9 Å². The lowest BCUT2D eigenvalue weighted by atomic mass is 10.1. The van der Waals surface area contributed by atoms with Crippen LogP contribution in [0, 0.1) is 20.8 Å². The van der Waals surface area contributed by atoms with Gasteiger partial charge in [0.05, 0.1) is 11.9 Å². The molecule has 2 aromatic rings. The fraction of sp³-hybridized carbons (Fsp3) is 0.278. The molecule has 0 atom stereocenters. The maximum Gasteiger partial charge on any atom is 0.245 e. The molecular formula is C18H21ClN2O3S. The summed E-state index contributed by atoms with van der Waals surface area (Å²) in [5.41, 5.74) is 3.69. The number of carbonyl (C=O) groups is 1. The molecule has 0 saturated carbocycles. The van der Waals surface area contributed by atoms with Crippen molar-refractivity contribution in [2.75, 3.05) is 22.4 Å². The molecule has 0 spiro atoms. The van der Waals surface area contributed by atoms with Crippen LogP contribution in [0.1, 0.15) is 16.7 Å². The van der Waals surface area contributed by atoms with E-state index in [9.17, 15) is 13.2 Å². The van der Waals surface area contributed by atoms with Gasteiger partial charge in [-0.3, -0.25) is 9.10 Å². The second-order valence-corrected chi connectivity index (χ2v) is 8.31. The summed E-state index contributed by atoms with van der Waals surface area (Å²) >= 11 is 6.05. The number of sulfonamides is 1. The number of carbonyl (C=O) groups excluding carboxylic acids is 1. The number of hydrogen-bond donors (Lipinski definition) is 1. The number of nitrogens with one attached hydrogen (secondary N) is 1. The zero-order chi connectivity index (χ0) is 18.8. The van der Waals surface area contributed by atoms with Gasteiger partial charge < -0.3 is 5.32 Å². The van der Waals surface area contributed by atoms with E-state index in [2.05, 4.69) is 5.32 Å². The Morgan fingerprint density at radius 3 is 2.40 bits per heavy atom.